The molecule has 0 aromatic carbocycles. The van der Waals surface area contributed by atoms with Gasteiger partial charge in [0.25, 0.3) is 0 Å². The van der Waals surface area contributed by atoms with Gasteiger partial charge in [0.1, 0.15) is 0 Å². The standard InChI is InChI=1S/C15H28/c1-5-10(2)15-9-11(3)12(4)13-7-6-8-14(13)15/h10-15H,5-9H2,1-4H3. The third-order valence-corrected chi connectivity index (χ3v) is 5.77. The van der Waals surface area contributed by atoms with Crippen molar-refractivity contribution in [3.05, 3.63) is 0 Å². The lowest BCUT2D eigenvalue weighted by atomic mass is 9.61. The molecule has 0 aliphatic heterocycles. The lowest BCUT2D eigenvalue weighted by molar-refractivity contribution is 0.0448. The number of rotatable bonds is 2. The molecule has 2 saturated carbocycles. The zero-order valence-corrected chi connectivity index (χ0v) is 11.0. The molecule has 0 saturated heterocycles. The zero-order valence-electron chi connectivity index (χ0n) is 11.0. The fourth-order valence-corrected chi connectivity index (χ4v) is 4.40. The zero-order chi connectivity index (χ0) is 11.0. The third-order valence-electron chi connectivity index (χ3n) is 5.77. The molecule has 0 spiro atoms. The summed E-state index contributed by atoms with van der Waals surface area (Å²) in [7, 11) is 0. The second kappa shape index (κ2) is 4.47. The molecule has 0 N–H and O–H groups in total. The van der Waals surface area contributed by atoms with Gasteiger partial charge in [0.15, 0.2) is 0 Å². The molecule has 2 fully saturated rings. The summed E-state index contributed by atoms with van der Waals surface area (Å²) >= 11 is 0. The van der Waals surface area contributed by atoms with E-state index in [1.54, 1.807) is 0 Å². The topological polar surface area (TPSA) is 0 Å². The van der Waals surface area contributed by atoms with Crippen LogP contribution in [-0.4, -0.2) is 0 Å². The van der Waals surface area contributed by atoms with Crippen molar-refractivity contribution < 1.29 is 0 Å². The van der Waals surface area contributed by atoms with E-state index >= 15 is 0 Å². The highest BCUT2D eigenvalue weighted by molar-refractivity contribution is 4.93. The van der Waals surface area contributed by atoms with Crippen LogP contribution in [0.1, 0.15) is 59.8 Å². The first-order valence-corrected chi connectivity index (χ1v) is 7.15. The predicted molar refractivity (Wildman–Crippen MR) is 66.7 cm³/mol. The average Bonchev–Trinajstić information content (AvgIpc) is 2.71. The van der Waals surface area contributed by atoms with E-state index < -0.39 is 0 Å². The Morgan fingerprint density at radius 3 is 2.47 bits per heavy atom. The summed E-state index contributed by atoms with van der Waals surface area (Å²) in [4.78, 5) is 0. The highest BCUT2D eigenvalue weighted by Crippen LogP contribution is 2.52. The van der Waals surface area contributed by atoms with Crippen LogP contribution in [0, 0.1) is 35.5 Å². The summed E-state index contributed by atoms with van der Waals surface area (Å²) in [5, 5.41) is 0. The molecule has 0 amide bonds. The Hall–Kier alpha value is 0. The SMILES string of the molecule is CCC(C)C1CC(C)C(C)C2CCCC12. The minimum atomic E-state index is 0.963. The van der Waals surface area contributed by atoms with Gasteiger partial charge >= 0.3 is 0 Å². The van der Waals surface area contributed by atoms with Crippen LogP contribution >= 0.6 is 0 Å². The van der Waals surface area contributed by atoms with Crippen molar-refractivity contribution in [3.63, 3.8) is 0 Å². The lowest BCUT2D eigenvalue weighted by Gasteiger charge is -2.44. The monoisotopic (exact) mass is 208 g/mol. The van der Waals surface area contributed by atoms with E-state index in [0.29, 0.717) is 0 Å². The summed E-state index contributed by atoms with van der Waals surface area (Å²) in [6.45, 7) is 9.87. The third kappa shape index (κ3) is 1.97. The molecule has 0 heterocycles. The quantitative estimate of drug-likeness (QED) is 0.615. The Kier molecular flexibility index (Phi) is 3.42. The molecule has 88 valence electrons. The number of hydrogen-bond donors (Lipinski definition) is 0. The van der Waals surface area contributed by atoms with E-state index in [9.17, 15) is 0 Å². The molecule has 2 aliphatic carbocycles. The molecule has 0 heteroatoms. The van der Waals surface area contributed by atoms with Crippen LogP contribution in [0.5, 0.6) is 0 Å². The largest absolute Gasteiger partial charge is 0.0651 e. The summed E-state index contributed by atoms with van der Waals surface area (Å²) in [5.41, 5.74) is 0. The van der Waals surface area contributed by atoms with Crippen LogP contribution in [0.15, 0.2) is 0 Å². The van der Waals surface area contributed by atoms with E-state index in [4.69, 9.17) is 0 Å². The van der Waals surface area contributed by atoms with Gasteiger partial charge in [-0.15, -0.1) is 0 Å². The van der Waals surface area contributed by atoms with Crippen LogP contribution in [0.2, 0.25) is 0 Å². The van der Waals surface area contributed by atoms with E-state index in [-0.39, 0.29) is 0 Å². The van der Waals surface area contributed by atoms with Gasteiger partial charge in [-0.3, -0.25) is 0 Å². The van der Waals surface area contributed by atoms with Crippen molar-refractivity contribution in [1.29, 1.82) is 0 Å². The van der Waals surface area contributed by atoms with Gasteiger partial charge in [0.2, 0.25) is 0 Å². The van der Waals surface area contributed by atoms with Crippen LogP contribution in [0.4, 0.5) is 0 Å². The minimum Gasteiger partial charge on any atom is -0.0651 e. The molecule has 0 radical (unpaired) electrons. The van der Waals surface area contributed by atoms with Gasteiger partial charge in [0, 0.05) is 0 Å². The molecule has 15 heavy (non-hydrogen) atoms. The Morgan fingerprint density at radius 1 is 1.13 bits per heavy atom. The van der Waals surface area contributed by atoms with E-state index in [0.717, 1.165) is 35.5 Å². The average molecular weight is 208 g/mol. The minimum absolute atomic E-state index is 0.963. The maximum atomic E-state index is 2.51. The normalized spacial score (nSPS) is 47.6. The molecular formula is C15H28. The first-order chi connectivity index (χ1) is 7.15. The Balaban J connectivity index is 2.12. The van der Waals surface area contributed by atoms with Crippen LogP contribution in [-0.2, 0) is 0 Å². The summed E-state index contributed by atoms with van der Waals surface area (Å²) < 4.78 is 0. The second-order valence-corrected chi connectivity index (χ2v) is 6.38. The highest BCUT2D eigenvalue weighted by Gasteiger charge is 2.44. The van der Waals surface area contributed by atoms with Gasteiger partial charge < -0.3 is 0 Å². The fourth-order valence-electron chi connectivity index (χ4n) is 4.40. The lowest BCUT2D eigenvalue weighted by Crippen LogP contribution is -2.37. The van der Waals surface area contributed by atoms with Gasteiger partial charge in [0.05, 0.1) is 0 Å². The molecule has 0 nitrogen and oxygen atoms in total. The second-order valence-electron chi connectivity index (χ2n) is 6.38. The first kappa shape index (κ1) is 11.5. The van der Waals surface area contributed by atoms with Gasteiger partial charge in [-0.05, 0) is 54.8 Å². The number of hydrogen-bond acceptors (Lipinski definition) is 0. The van der Waals surface area contributed by atoms with Crippen LogP contribution in [0.25, 0.3) is 0 Å². The van der Waals surface area contributed by atoms with Crippen molar-refractivity contribution in [2.75, 3.05) is 0 Å². The van der Waals surface area contributed by atoms with Crippen LogP contribution < -0.4 is 0 Å². The maximum absolute atomic E-state index is 2.51. The highest BCUT2D eigenvalue weighted by atomic mass is 14.5. The predicted octanol–water partition coefficient (Wildman–Crippen LogP) is 4.74. The van der Waals surface area contributed by atoms with E-state index in [1.807, 2.05) is 0 Å². The van der Waals surface area contributed by atoms with Crippen molar-refractivity contribution in [2.24, 2.45) is 35.5 Å². The molecule has 2 aliphatic rings. The van der Waals surface area contributed by atoms with Gasteiger partial charge in [-0.25, -0.2) is 0 Å². The molecular weight excluding hydrogens is 180 g/mol. The van der Waals surface area contributed by atoms with Crippen molar-refractivity contribution in [1.82, 2.24) is 0 Å². The fraction of sp³-hybridized carbons (Fsp3) is 1.00. The first-order valence-electron chi connectivity index (χ1n) is 7.15. The van der Waals surface area contributed by atoms with E-state index in [2.05, 4.69) is 27.7 Å². The molecule has 6 atom stereocenters. The van der Waals surface area contributed by atoms with Crippen LogP contribution in [0.3, 0.4) is 0 Å². The van der Waals surface area contributed by atoms with Gasteiger partial charge in [-0.2, -0.15) is 0 Å². The number of fused-ring (bicyclic) bond motifs is 1. The maximum Gasteiger partial charge on any atom is -0.0352 e. The summed E-state index contributed by atoms with van der Waals surface area (Å²) in [5.74, 6) is 6.15. The Labute approximate surface area is 95.8 Å². The summed E-state index contributed by atoms with van der Waals surface area (Å²) in [6, 6.07) is 0. The van der Waals surface area contributed by atoms with E-state index in [1.165, 1.54) is 32.1 Å². The molecule has 0 aromatic rings. The molecule has 2 rings (SSSR count). The Morgan fingerprint density at radius 2 is 1.80 bits per heavy atom. The van der Waals surface area contributed by atoms with Crippen molar-refractivity contribution >= 4 is 0 Å². The Bertz CT molecular complexity index is 208. The van der Waals surface area contributed by atoms with Crippen molar-refractivity contribution in [3.8, 4) is 0 Å². The smallest absolute Gasteiger partial charge is 0.0352 e. The summed E-state index contributed by atoms with van der Waals surface area (Å²) in [6.07, 6.45) is 7.48. The molecule has 0 bridgehead atoms. The molecule has 6 unspecified atom stereocenters. The molecule has 0 aromatic heterocycles. The van der Waals surface area contributed by atoms with Crippen molar-refractivity contribution in [2.45, 2.75) is 59.8 Å². The van der Waals surface area contributed by atoms with Gasteiger partial charge in [-0.1, -0.05) is 40.5 Å².